The summed E-state index contributed by atoms with van der Waals surface area (Å²) in [5.74, 6) is -0.244. The Morgan fingerprint density at radius 3 is 2.50 bits per heavy atom. The number of hydrazone groups is 1. The van der Waals surface area contributed by atoms with Crippen LogP contribution in [0.5, 0.6) is 0 Å². The Morgan fingerprint density at radius 2 is 1.79 bits per heavy atom. The van der Waals surface area contributed by atoms with E-state index in [0.717, 1.165) is 16.1 Å². The van der Waals surface area contributed by atoms with Crippen molar-refractivity contribution in [3.8, 4) is 10.6 Å². The summed E-state index contributed by atoms with van der Waals surface area (Å²) in [6, 6.07) is 23.2. The smallest absolute Gasteiger partial charge is 0.267 e. The Bertz CT molecular complexity index is 1070. The topological polar surface area (TPSA) is 59.3 Å². The molecule has 0 saturated heterocycles. The maximum Gasteiger partial charge on any atom is 0.271 e. The van der Waals surface area contributed by atoms with E-state index in [1.165, 1.54) is 5.56 Å². The molecule has 0 aliphatic heterocycles. The standard InChI is InChI=1S/C22H18N4OS/c27-22(18-10-5-2-6-11-18)24-23-14-19-16-26(15-17-8-3-1-4-9-17)25-21(19)20-12-7-13-28-20/h1-14,16H,15H2,(H,24,27)/b23-14-. The molecule has 2 aromatic heterocycles. The predicted octanol–water partition coefficient (Wildman–Crippen LogP) is 4.42. The van der Waals surface area contributed by atoms with E-state index in [4.69, 9.17) is 5.10 Å². The Morgan fingerprint density at radius 1 is 1.04 bits per heavy atom. The van der Waals surface area contributed by atoms with Gasteiger partial charge in [0.25, 0.3) is 5.91 Å². The molecule has 5 nitrogen and oxygen atoms in total. The van der Waals surface area contributed by atoms with Gasteiger partial charge in [0, 0.05) is 17.3 Å². The molecule has 6 heteroatoms. The second-order valence-electron chi connectivity index (χ2n) is 6.16. The number of carbonyl (C=O) groups is 1. The molecule has 0 aliphatic carbocycles. The first-order valence-electron chi connectivity index (χ1n) is 8.83. The minimum absolute atomic E-state index is 0.244. The first-order chi connectivity index (χ1) is 13.8. The van der Waals surface area contributed by atoms with E-state index in [-0.39, 0.29) is 5.91 Å². The third kappa shape index (κ3) is 4.24. The molecule has 138 valence electrons. The second-order valence-corrected chi connectivity index (χ2v) is 7.11. The quantitative estimate of drug-likeness (QED) is 0.394. The van der Waals surface area contributed by atoms with Crippen molar-refractivity contribution in [2.45, 2.75) is 6.54 Å². The maximum atomic E-state index is 12.2. The Hall–Kier alpha value is -3.51. The van der Waals surface area contributed by atoms with Crippen LogP contribution >= 0.6 is 11.3 Å². The number of nitrogens with zero attached hydrogens (tertiary/aromatic N) is 3. The van der Waals surface area contributed by atoms with E-state index in [1.54, 1.807) is 29.7 Å². The number of carbonyl (C=O) groups excluding carboxylic acids is 1. The predicted molar refractivity (Wildman–Crippen MR) is 113 cm³/mol. The van der Waals surface area contributed by atoms with Gasteiger partial charge >= 0.3 is 0 Å². The molecule has 2 aromatic carbocycles. The van der Waals surface area contributed by atoms with Crippen molar-refractivity contribution in [1.82, 2.24) is 15.2 Å². The van der Waals surface area contributed by atoms with Crippen molar-refractivity contribution in [2.24, 2.45) is 5.10 Å². The van der Waals surface area contributed by atoms with Gasteiger partial charge in [0.2, 0.25) is 0 Å². The SMILES string of the molecule is O=C(N/N=C\c1cn(Cc2ccccc2)nc1-c1cccs1)c1ccccc1. The molecule has 4 rings (SSSR count). The van der Waals surface area contributed by atoms with Gasteiger partial charge in [0.1, 0.15) is 5.69 Å². The van der Waals surface area contributed by atoms with Crippen molar-refractivity contribution < 1.29 is 4.79 Å². The molecule has 0 aliphatic rings. The number of nitrogens with one attached hydrogen (secondary N) is 1. The van der Waals surface area contributed by atoms with Crippen LogP contribution in [-0.2, 0) is 6.54 Å². The number of rotatable bonds is 6. The molecule has 0 fully saturated rings. The van der Waals surface area contributed by atoms with Gasteiger partial charge in [-0.25, -0.2) is 5.43 Å². The highest BCUT2D eigenvalue weighted by Crippen LogP contribution is 2.26. The fourth-order valence-corrected chi connectivity index (χ4v) is 3.53. The van der Waals surface area contributed by atoms with E-state index < -0.39 is 0 Å². The number of thiophene rings is 1. The Labute approximate surface area is 167 Å². The van der Waals surface area contributed by atoms with Crippen LogP contribution in [0.25, 0.3) is 10.6 Å². The summed E-state index contributed by atoms with van der Waals surface area (Å²) in [5.41, 5.74) is 6.02. The van der Waals surface area contributed by atoms with E-state index in [1.807, 2.05) is 64.8 Å². The van der Waals surface area contributed by atoms with E-state index in [9.17, 15) is 4.79 Å². The van der Waals surface area contributed by atoms with Crippen molar-refractivity contribution in [2.75, 3.05) is 0 Å². The zero-order chi connectivity index (χ0) is 19.2. The monoisotopic (exact) mass is 386 g/mol. The van der Waals surface area contributed by atoms with Gasteiger partial charge in [0.05, 0.1) is 17.6 Å². The molecule has 1 amide bonds. The molecular formula is C22H18N4OS. The lowest BCUT2D eigenvalue weighted by molar-refractivity contribution is 0.0955. The van der Waals surface area contributed by atoms with Gasteiger partial charge in [-0.15, -0.1) is 11.3 Å². The van der Waals surface area contributed by atoms with Crippen molar-refractivity contribution in [3.63, 3.8) is 0 Å². The molecule has 0 unspecified atom stereocenters. The molecular weight excluding hydrogens is 368 g/mol. The van der Waals surface area contributed by atoms with Crippen LogP contribution in [0.4, 0.5) is 0 Å². The lowest BCUT2D eigenvalue weighted by atomic mass is 10.2. The molecule has 0 bridgehead atoms. The second kappa shape index (κ2) is 8.45. The molecule has 0 radical (unpaired) electrons. The molecule has 2 heterocycles. The Kier molecular flexibility index (Phi) is 5.40. The largest absolute Gasteiger partial charge is 0.271 e. The summed E-state index contributed by atoms with van der Waals surface area (Å²) < 4.78 is 1.89. The first kappa shape index (κ1) is 17.9. The molecule has 1 N–H and O–H groups in total. The average molecular weight is 386 g/mol. The van der Waals surface area contributed by atoms with Crippen LogP contribution in [0.3, 0.4) is 0 Å². The molecule has 0 spiro atoms. The normalized spacial score (nSPS) is 11.0. The van der Waals surface area contributed by atoms with Gasteiger partial charge in [-0.3, -0.25) is 9.48 Å². The fourth-order valence-electron chi connectivity index (χ4n) is 2.80. The molecule has 4 aromatic rings. The summed E-state index contributed by atoms with van der Waals surface area (Å²) in [4.78, 5) is 13.2. The number of aromatic nitrogens is 2. The number of hydrogen-bond acceptors (Lipinski definition) is 4. The lowest BCUT2D eigenvalue weighted by Gasteiger charge is -2.00. The average Bonchev–Trinajstić information content (AvgIpc) is 3.39. The minimum Gasteiger partial charge on any atom is -0.267 e. The highest BCUT2D eigenvalue weighted by atomic mass is 32.1. The van der Waals surface area contributed by atoms with E-state index >= 15 is 0 Å². The van der Waals surface area contributed by atoms with Crippen LogP contribution in [-0.4, -0.2) is 21.9 Å². The lowest BCUT2D eigenvalue weighted by Crippen LogP contribution is -2.17. The number of benzene rings is 2. The van der Waals surface area contributed by atoms with Crippen LogP contribution in [0.15, 0.2) is 89.5 Å². The summed E-state index contributed by atoms with van der Waals surface area (Å²) in [5, 5.41) is 10.9. The summed E-state index contributed by atoms with van der Waals surface area (Å²) in [7, 11) is 0. The highest BCUT2D eigenvalue weighted by molar-refractivity contribution is 7.13. The van der Waals surface area contributed by atoms with Gasteiger partial charge in [0.15, 0.2) is 0 Å². The van der Waals surface area contributed by atoms with E-state index in [0.29, 0.717) is 12.1 Å². The third-order valence-electron chi connectivity index (χ3n) is 4.14. The van der Waals surface area contributed by atoms with Crippen molar-refractivity contribution in [3.05, 3.63) is 101 Å². The van der Waals surface area contributed by atoms with Crippen LogP contribution in [0.2, 0.25) is 0 Å². The first-order valence-corrected chi connectivity index (χ1v) is 9.71. The highest BCUT2D eigenvalue weighted by Gasteiger charge is 2.11. The summed E-state index contributed by atoms with van der Waals surface area (Å²) in [6.07, 6.45) is 3.59. The fraction of sp³-hybridized carbons (Fsp3) is 0.0455. The minimum atomic E-state index is -0.244. The summed E-state index contributed by atoms with van der Waals surface area (Å²) >= 11 is 1.62. The third-order valence-corrected chi connectivity index (χ3v) is 5.01. The molecule has 28 heavy (non-hydrogen) atoms. The van der Waals surface area contributed by atoms with Crippen LogP contribution in [0.1, 0.15) is 21.5 Å². The zero-order valence-corrected chi connectivity index (χ0v) is 15.8. The van der Waals surface area contributed by atoms with Gasteiger partial charge in [-0.05, 0) is 29.1 Å². The molecule has 0 saturated carbocycles. The van der Waals surface area contributed by atoms with Crippen molar-refractivity contribution in [1.29, 1.82) is 0 Å². The van der Waals surface area contributed by atoms with Gasteiger partial charge < -0.3 is 0 Å². The Balaban J connectivity index is 1.55. The van der Waals surface area contributed by atoms with Crippen LogP contribution < -0.4 is 5.43 Å². The number of amides is 1. The van der Waals surface area contributed by atoms with E-state index in [2.05, 4.69) is 22.7 Å². The zero-order valence-electron chi connectivity index (χ0n) is 15.0. The van der Waals surface area contributed by atoms with Crippen LogP contribution in [0, 0.1) is 0 Å². The molecule has 0 atom stereocenters. The van der Waals surface area contributed by atoms with Gasteiger partial charge in [-0.1, -0.05) is 54.6 Å². The van der Waals surface area contributed by atoms with Crippen molar-refractivity contribution >= 4 is 23.5 Å². The number of hydrogen-bond donors (Lipinski definition) is 1. The van der Waals surface area contributed by atoms with Gasteiger partial charge in [-0.2, -0.15) is 10.2 Å². The maximum absolute atomic E-state index is 12.2. The summed E-state index contributed by atoms with van der Waals surface area (Å²) in [6.45, 7) is 0.670.